The van der Waals surface area contributed by atoms with Crippen LogP contribution in [0.3, 0.4) is 0 Å². The molecule has 2 rings (SSSR count). The van der Waals surface area contributed by atoms with Crippen LogP contribution in [0.1, 0.15) is 43.7 Å². The van der Waals surface area contributed by atoms with E-state index < -0.39 is 10.0 Å². The van der Waals surface area contributed by atoms with E-state index in [1.807, 2.05) is 6.92 Å². The lowest BCUT2D eigenvalue weighted by atomic mass is 10.1. The molecule has 5 nitrogen and oxygen atoms in total. The lowest BCUT2D eigenvalue weighted by Crippen LogP contribution is -2.25. The highest BCUT2D eigenvalue weighted by Gasteiger charge is 2.16. The van der Waals surface area contributed by atoms with E-state index >= 15 is 0 Å². The molecule has 0 saturated heterocycles. The second-order valence-electron chi connectivity index (χ2n) is 5.94. The highest BCUT2D eigenvalue weighted by Crippen LogP contribution is 2.23. The average molecular weight is 336 g/mol. The van der Waals surface area contributed by atoms with Gasteiger partial charge in [0.2, 0.25) is 15.6 Å². The van der Waals surface area contributed by atoms with E-state index in [0.29, 0.717) is 12.1 Å². The van der Waals surface area contributed by atoms with Crippen molar-refractivity contribution in [3.63, 3.8) is 0 Å². The summed E-state index contributed by atoms with van der Waals surface area (Å²) in [5.41, 5.74) is 2.03. The fraction of sp³-hybridized carbons (Fsp3) is 0.471. The van der Waals surface area contributed by atoms with Gasteiger partial charge in [0.15, 0.2) is 0 Å². The Morgan fingerprint density at radius 2 is 1.78 bits per heavy atom. The third-order valence-corrected chi connectivity index (χ3v) is 5.40. The molecule has 0 aliphatic carbocycles. The SMILES string of the molecule is CCCCCCNS(=O)(=O)c1cc(C)c2[nH]c(=O)cc(C)c2c1. The van der Waals surface area contributed by atoms with Crippen molar-refractivity contribution in [2.75, 3.05) is 6.54 Å². The van der Waals surface area contributed by atoms with Crippen LogP contribution in [0.15, 0.2) is 27.9 Å². The number of aromatic amines is 1. The Kier molecular flexibility index (Phi) is 5.59. The van der Waals surface area contributed by atoms with E-state index in [2.05, 4.69) is 16.6 Å². The maximum Gasteiger partial charge on any atom is 0.248 e. The summed E-state index contributed by atoms with van der Waals surface area (Å²) in [6.45, 7) is 6.18. The molecule has 0 bridgehead atoms. The number of hydrogen-bond donors (Lipinski definition) is 2. The summed E-state index contributed by atoms with van der Waals surface area (Å²) in [5.74, 6) is 0. The summed E-state index contributed by atoms with van der Waals surface area (Å²) in [6, 6.07) is 4.71. The lowest BCUT2D eigenvalue weighted by Gasteiger charge is -2.11. The number of benzene rings is 1. The van der Waals surface area contributed by atoms with E-state index in [0.717, 1.165) is 42.2 Å². The first-order valence-corrected chi connectivity index (χ1v) is 9.47. The van der Waals surface area contributed by atoms with Crippen LogP contribution in [-0.4, -0.2) is 19.9 Å². The van der Waals surface area contributed by atoms with Crippen LogP contribution in [0, 0.1) is 13.8 Å². The molecule has 0 aliphatic rings. The normalized spacial score (nSPS) is 12.0. The molecule has 1 aromatic heterocycles. The smallest absolute Gasteiger partial charge is 0.248 e. The van der Waals surface area contributed by atoms with Gasteiger partial charge in [-0.1, -0.05) is 26.2 Å². The number of aromatic nitrogens is 1. The summed E-state index contributed by atoms with van der Waals surface area (Å²) in [6.07, 6.45) is 4.10. The second kappa shape index (κ2) is 7.27. The molecule has 0 fully saturated rings. The number of hydrogen-bond acceptors (Lipinski definition) is 3. The van der Waals surface area contributed by atoms with Crippen LogP contribution in [0.25, 0.3) is 10.9 Å². The predicted octanol–water partition coefficient (Wildman–Crippen LogP) is 3.00. The molecule has 0 radical (unpaired) electrons. The van der Waals surface area contributed by atoms with Gasteiger partial charge in [0.1, 0.15) is 0 Å². The molecule has 0 spiro atoms. The van der Waals surface area contributed by atoms with Crippen molar-refractivity contribution in [1.29, 1.82) is 0 Å². The molecule has 2 aromatic rings. The standard InChI is InChI=1S/C17H24N2O3S/c1-4-5-6-7-8-18-23(21,22)14-9-13(3)17-15(11-14)12(2)10-16(20)19-17/h9-11,18H,4-8H2,1-3H3,(H,19,20). The van der Waals surface area contributed by atoms with Crippen molar-refractivity contribution in [3.05, 3.63) is 39.7 Å². The van der Waals surface area contributed by atoms with Gasteiger partial charge in [-0.3, -0.25) is 4.79 Å². The van der Waals surface area contributed by atoms with Gasteiger partial charge < -0.3 is 4.98 Å². The maximum atomic E-state index is 12.5. The third kappa shape index (κ3) is 4.20. The summed E-state index contributed by atoms with van der Waals surface area (Å²) < 4.78 is 27.6. The molecule has 2 N–H and O–H groups in total. The monoisotopic (exact) mass is 336 g/mol. The van der Waals surface area contributed by atoms with E-state index in [9.17, 15) is 13.2 Å². The van der Waals surface area contributed by atoms with Crippen molar-refractivity contribution >= 4 is 20.9 Å². The van der Waals surface area contributed by atoms with Crippen molar-refractivity contribution < 1.29 is 8.42 Å². The topological polar surface area (TPSA) is 79.0 Å². The molecule has 0 saturated carbocycles. The van der Waals surface area contributed by atoms with Crippen LogP contribution in [0.5, 0.6) is 0 Å². The first-order chi connectivity index (χ1) is 10.8. The lowest BCUT2D eigenvalue weighted by molar-refractivity contribution is 0.573. The number of aryl methyl sites for hydroxylation is 2. The summed E-state index contributed by atoms with van der Waals surface area (Å²) >= 11 is 0. The molecule has 23 heavy (non-hydrogen) atoms. The van der Waals surface area contributed by atoms with E-state index in [4.69, 9.17) is 0 Å². The van der Waals surface area contributed by atoms with Gasteiger partial charge in [0.05, 0.1) is 10.4 Å². The van der Waals surface area contributed by atoms with Gasteiger partial charge in [-0.25, -0.2) is 13.1 Å². The zero-order valence-electron chi connectivity index (χ0n) is 13.9. The molecule has 6 heteroatoms. The van der Waals surface area contributed by atoms with E-state index in [1.165, 1.54) is 6.07 Å². The molecule has 1 heterocycles. The first-order valence-electron chi connectivity index (χ1n) is 7.99. The number of pyridine rings is 1. The van der Waals surface area contributed by atoms with Crippen LogP contribution in [-0.2, 0) is 10.0 Å². The maximum absolute atomic E-state index is 12.5. The van der Waals surface area contributed by atoms with Gasteiger partial charge >= 0.3 is 0 Å². The van der Waals surface area contributed by atoms with Crippen LogP contribution in [0.2, 0.25) is 0 Å². The van der Waals surface area contributed by atoms with E-state index in [1.54, 1.807) is 19.1 Å². The van der Waals surface area contributed by atoms with Crippen LogP contribution in [0.4, 0.5) is 0 Å². The molecular weight excluding hydrogens is 312 g/mol. The Bertz CT molecular complexity index is 854. The Morgan fingerprint density at radius 1 is 1.04 bits per heavy atom. The van der Waals surface area contributed by atoms with Gasteiger partial charge in [0, 0.05) is 18.0 Å². The summed E-state index contributed by atoms with van der Waals surface area (Å²) in [7, 11) is -3.53. The average Bonchev–Trinajstić information content (AvgIpc) is 2.47. The minimum absolute atomic E-state index is 0.178. The third-order valence-electron chi connectivity index (χ3n) is 3.96. The van der Waals surface area contributed by atoms with Gasteiger partial charge in [-0.15, -0.1) is 0 Å². The number of fused-ring (bicyclic) bond motifs is 1. The molecule has 0 aliphatic heterocycles. The number of sulfonamides is 1. The van der Waals surface area contributed by atoms with Gasteiger partial charge in [-0.2, -0.15) is 0 Å². The summed E-state index contributed by atoms with van der Waals surface area (Å²) in [4.78, 5) is 14.6. The molecule has 1 aromatic carbocycles. The minimum atomic E-state index is -3.53. The fourth-order valence-corrected chi connectivity index (χ4v) is 3.85. The van der Waals surface area contributed by atoms with Crippen molar-refractivity contribution in [3.8, 4) is 0 Å². The molecule has 126 valence electrons. The van der Waals surface area contributed by atoms with Gasteiger partial charge in [0.25, 0.3) is 0 Å². The van der Waals surface area contributed by atoms with E-state index in [-0.39, 0.29) is 10.5 Å². The molecular formula is C17H24N2O3S. The Hall–Kier alpha value is -1.66. The Labute approximate surface area is 137 Å². The molecule has 0 amide bonds. The number of H-pyrrole nitrogens is 1. The highest BCUT2D eigenvalue weighted by atomic mass is 32.2. The van der Waals surface area contributed by atoms with Crippen molar-refractivity contribution in [1.82, 2.24) is 9.71 Å². The fourth-order valence-electron chi connectivity index (χ4n) is 2.66. The summed E-state index contributed by atoms with van der Waals surface area (Å²) in [5, 5.41) is 0.760. The van der Waals surface area contributed by atoms with Crippen molar-refractivity contribution in [2.24, 2.45) is 0 Å². The quantitative estimate of drug-likeness (QED) is 0.763. The largest absolute Gasteiger partial charge is 0.322 e. The molecule has 0 atom stereocenters. The second-order valence-corrected chi connectivity index (χ2v) is 7.70. The predicted molar refractivity (Wildman–Crippen MR) is 93.4 cm³/mol. The zero-order valence-corrected chi connectivity index (χ0v) is 14.7. The number of rotatable bonds is 7. The molecule has 0 unspecified atom stereocenters. The first kappa shape index (κ1) is 17.7. The zero-order chi connectivity index (χ0) is 17.0. The van der Waals surface area contributed by atoms with Crippen molar-refractivity contribution in [2.45, 2.75) is 51.3 Å². The number of unbranched alkanes of at least 4 members (excludes halogenated alkanes) is 3. The Morgan fingerprint density at radius 3 is 2.48 bits per heavy atom. The van der Waals surface area contributed by atoms with Crippen LogP contribution < -0.4 is 10.3 Å². The highest BCUT2D eigenvalue weighted by molar-refractivity contribution is 7.89. The number of nitrogens with one attached hydrogen (secondary N) is 2. The Balaban J connectivity index is 2.30. The van der Waals surface area contributed by atoms with Crippen LogP contribution >= 0.6 is 0 Å². The van der Waals surface area contributed by atoms with Gasteiger partial charge in [-0.05, 0) is 43.5 Å². The minimum Gasteiger partial charge on any atom is -0.322 e.